The molecule has 0 aliphatic carbocycles. The number of carboxylic acid groups (broad SMARTS) is 1. The van der Waals surface area contributed by atoms with Gasteiger partial charge in [-0.3, -0.25) is 4.79 Å². The van der Waals surface area contributed by atoms with Gasteiger partial charge in [0.2, 0.25) is 0 Å². The molecule has 7 heteroatoms. The fourth-order valence-corrected chi connectivity index (χ4v) is 2.68. The molecule has 1 saturated heterocycles. The Labute approximate surface area is 127 Å². The van der Waals surface area contributed by atoms with Crippen molar-refractivity contribution < 1.29 is 14.6 Å². The summed E-state index contributed by atoms with van der Waals surface area (Å²) in [7, 11) is 0. The summed E-state index contributed by atoms with van der Waals surface area (Å²) in [6.07, 6.45) is 0.561. The molecule has 0 bridgehead atoms. The summed E-state index contributed by atoms with van der Waals surface area (Å²) >= 11 is 11.9. The van der Waals surface area contributed by atoms with E-state index in [0.29, 0.717) is 36.5 Å². The van der Waals surface area contributed by atoms with Gasteiger partial charge >= 0.3 is 5.97 Å². The van der Waals surface area contributed by atoms with Gasteiger partial charge in [-0.1, -0.05) is 36.2 Å². The van der Waals surface area contributed by atoms with Crippen LogP contribution in [0.5, 0.6) is 0 Å². The number of nitrogens with zero attached hydrogens (tertiary/aromatic N) is 1. The van der Waals surface area contributed by atoms with Crippen LogP contribution in [0.25, 0.3) is 0 Å². The summed E-state index contributed by atoms with van der Waals surface area (Å²) in [5.41, 5.74) is 0.312. The second-order valence-electron chi connectivity index (χ2n) is 4.87. The van der Waals surface area contributed by atoms with Crippen molar-refractivity contribution >= 4 is 29.2 Å². The second-order valence-corrected chi connectivity index (χ2v) is 5.62. The molecule has 2 rings (SSSR count). The highest BCUT2D eigenvalue weighted by Crippen LogP contribution is 2.34. The minimum Gasteiger partial charge on any atom is -0.481 e. The summed E-state index contributed by atoms with van der Waals surface area (Å²) < 4.78 is 5.27. The number of rotatable bonds is 6. The number of hydrogen-bond acceptors (Lipinski definition) is 4. The number of hydrogen-bond donors (Lipinski definition) is 2. The molecule has 0 aromatic carbocycles. The quantitative estimate of drug-likeness (QED) is 0.787. The molecule has 2 N–H and O–H groups in total. The second kappa shape index (κ2) is 6.26. The van der Waals surface area contributed by atoms with Crippen molar-refractivity contribution in [3.05, 3.63) is 28.0 Å². The Morgan fingerprint density at radius 2 is 2.25 bits per heavy atom. The maximum atomic E-state index is 11.1. The molecule has 2 heterocycles. The number of ether oxygens (including phenoxy) is 1. The number of aromatic nitrogens is 1. The number of halogens is 2. The van der Waals surface area contributed by atoms with Crippen molar-refractivity contribution in [3.63, 3.8) is 0 Å². The fraction of sp³-hybridized carbons (Fsp3) is 0.538. The van der Waals surface area contributed by atoms with Crippen LogP contribution in [0.4, 0.5) is 0 Å². The van der Waals surface area contributed by atoms with Crippen LogP contribution in [0.1, 0.15) is 18.9 Å². The van der Waals surface area contributed by atoms with E-state index < -0.39 is 17.4 Å². The third-order valence-electron chi connectivity index (χ3n) is 3.56. The van der Waals surface area contributed by atoms with E-state index in [1.54, 1.807) is 12.1 Å². The van der Waals surface area contributed by atoms with Gasteiger partial charge in [0.05, 0.1) is 24.7 Å². The first-order valence-electron chi connectivity index (χ1n) is 6.36. The molecular formula is C13H16Cl2N2O3. The molecule has 1 fully saturated rings. The third-order valence-corrected chi connectivity index (χ3v) is 4.05. The van der Waals surface area contributed by atoms with Crippen LogP contribution in [0, 0.1) is 5.92 Å². The summed E-state index contributed by atoms with van der Waals surface area (Å²) in [6.45, 7) is 3.08. The highest BCUT2D eigenvalue weighted by atomic mass is 35.5. The zero-order valence-corrected chi connectivity index (χ0v) is 12.5. The van der Waals surface area contributed by atoms with E-state index in [1.807, 2.05) is 6.92 Å². The van der Waals surface area contributed by atoms with Crippen LogP contribution >= 0.6 is 23.2 Å². The van der Waals surface area contributed by atoms with E-state index in [2.05, 4.69) is 10.3 Å². The summed E-state index contributed by atoms with van der Waals surface area (Å²) in [5.74, 6) is -1.25. The summed E-state index contributed by atoms with van der Waals surface area (Å²) in [4.78, 5) is 15.1. The minimum atomic E-state index is -0.810. The monoisotopic (exact) mass is 318 g/mol. The lowest BCUT2D eigenvalue weighted by atomic mass is 9.88. The molecular weight excluding hydrogens is 303 g/mol. The first kappa shape index (κ1) is 15.5. The molecule has 1 aliphatic heterocycles. The maximum absolute atomic E-state index is 11.1. The summed E-state index contributed by atoms with van der Waals surface area (Å²) in [5, 5.41) is 13.0. The zero-order valence-electron chi connectivity index (χ0n) is 11.0. The Balaban J connectivity index is 2.15. The van der Waals surface area contributed by atoms with Gasteiger partial charge < -0.3 is 15.2 Å². The molecule has 0 spiro atoms. The number of aliphatic carboxylic acids is 1. The van der Waals surface area contributed by atoms with Gasteiger partial charge in [0, 0.05) is 12.1 Å². The molecule has 20 heavy (non-hydrogen) atoms. The number of nitrogens with one attached hydrogen (secondary N) is 1. The van der Waals surface area contributed by atoms with Crippen molar-refractivity contribution in [2.75, 3.05) is 19.8 Å². The molecule has 5 nitrogen and oxygen atoms in total. The Bertz CT molecular complexity index is 506. The van der Waals surface area contributed by atoms with Gasteiger partial charge in [0.1, 0.15) is 10.3 Å². The van der Waals surface area contributed by atoms with E-state index in [1.165, 1.54) is 0 Å². The summed E-state index contributed by atoms with van der Waals surface area (Å²) in [6, 6.07) is 3.47. The Morgan fingerprint density at radius 3 is 2.70 bits per heavy atom. The lowest BCUT2D eigenvalue weighted by Crippen LogP contribution is -2.59. The van der Waals surface area contributed by atoms with E-state index in [0.717, 1.165) is 5.56 Å². The normalized spacial score (nSPS) is 18.4. The number of carboxylic acids is 1. The Hall–Kier alpha value is -0.880. The maximum Gasteiger partial charge on any atom is 0.307 e. The van der Waals surface area contributed by atoms with Crippen molar-refractivity contribution in [2.24, 2.45) is 5.92 Å². The third kappa shape index (κ3) is 3.06. The van der Waals surface area contributed by atoms with Crippen LogP contribution in [0.15, 0.2) is 12.1 Å². The molecule has 0 radical (unpaired) electrons. The molecule has 1 atom stereocenters. The molecule has 1 aromatic rings. The van der Waals surface area contributed by atoms with Crippen LogP contribution in [-0.4, -0.2) is 35.8 Å². The van der Waals surface area contributed by atoms with Crippen LogP contribution < -0.4 is 5.32 Å². The van der Waals surface area contributed by atoms with Gasteiger partial charge in [-0.25, -0.2) is 4.98 Å². The van der Waals surface area contributed by atoms with Crippen molar-refractivity contribution in [1.29, 1.82) is 0 Å². The predicted molar refractivity (Wildman–Crippen MR) is 76.2 cm³/mol. The van der Waals surface area contributed by atoms with Crippen LogP contribution in [0.2, 0.25) is 10.3 Å². The van der Waals surface area contributed by atoms with Gasteiger partial charge in [-0.05, 0) is 12.5 Å². The lowest BCUT2D eigenvalue weighted by Gasteiger charge is -2.43. The molecule has 110 valence electrons. The van der Waals surface area contributed by atoms with Crippen molar-refractivity contribution in [3.8, 4) is 0 Å². The highest BCUT2D eigenvalue weighted by Gasteiger charge is 2.42. The SMILES string of the molecule is CCC(CNC1(c2ccc(Cl)nc2Cl)COC1)C(=O)O. The topological polar surface area (TPSA) is 71.5 Å². The molecule has 0 amide bonds. The Morgan fingerprint density at radius 1 is 1.55 bits per heavy atom. The van der Waals surface area contributed by atoms with E-state index in [9.17, 15) is 4.79 Å². The minimum absolute atomic E-state index is 0.316. The average molecular weight is 319 g/mol. The van der Waals surface area contributed by atoms with E-state index in [4.69, 9.17) is 33.0 Å². The van der Waals surface area contributed by atoms with Gasteiger partial charge in [0.15, 0.2) is 0 Å². The van der Waals surface area contributed by atoms with Gasteiger partial charge in [-0.2, -0.15) is 0 Å². The Kier molecular flexibility index (Phi) is 4.86. The lowest BCUT2D eigenvalue weighted by molar-refractivity contribution is -0.142. The average Bonchev–Trinajstić information content (AvgIpc) is 2.33. The van der Waals surface area contributed by atoms with E-state index >= 15 is 0 Å². The van der Waals surface area contributed by atoms with E-state index in [-0.39, 0.29) is 0 Å². The van der Waals surface area contributed by atoms with Crippen LogP contribution in [0.3, 0.4) is 0 Å². The molecule has 1 aromatic heterocycles. The number of pyridine rings is 1. The van der Waals surface area contributed by atoms with Crippen molar-refractivity contribution in [2.45, 2.75) is 18.9 Å². The smallest absolute Gasteiger partial charge is 0.307 e. The van der Waals surface area contributed by atoms with Gasteiger partial charge in [-0.15, -0.1) is 0 Å². The predicted octanol–water partition coefficient (Wildman–Crippen LogP) is 2.31. The standard InChI is InChI=1S/C13H16Cl2N2O3/c1-2-8(12(18)19)5-16-13(6-20-7-13)9-3-4-10(14)17-11(9)15/h3-4,8,16H,2,5-7H2,1H3,(H,18,19). The fourth-order valence-electron chi connectivity index (χ4n) is 2.15. The zero-order chi connectivity index (χ0) is 14.8. The largest absolute Gasteiger partial charge is 0.481 e. The van der Waals surface area contributed by atoms with Crippen LogP contribution in [-0.2, 0) is 15.1 Å². The first-order chi connectivity index (χ1) is 9.48. The number of carbonyl (C=O) groups is 1. The molecule has 1 aliphatic rings. The van der Waals surface area contributed by atoms with Gasteiger partial charge in [0.25, 0.3) is 0 Å². The molecule has 1 unspecified atom stereocenters. The van der Waals surface area contributed by atoms with Crippen molar-refractivity contribution in [1.82, 2.24) is 10.3 Å². The first-order valence-corrected chi connectivity index (χ1v) is 7.12. The highest BCUT2D eigenvalue weighted by molar-refractivity contribution is 6.32. The molecule has 0 saturated carbocycles.